The van der Waals surface area contributed by atoms with Crippen LogP contribution in [0.5, 0.6) is 5.75 Å². The molecule has 82 valence electrons. The van der Waals surface area contributed by atoms with Gasteiger partial charge in [0, 0.05) is 25.4 Å². The first-order valence-electron chi connectivity index (χ1n) is 5.33. The van der Waals surface area contributed by atoms with Crippen molar-refractivity contribution in [3.63, 3.8) is 0 Å². The van der Waals surface area contributed by atoms with Crippen molar-refractivity contribution in [3.8, 4) is 16.9 Å². The third kappa shape index (κ3) is 1.52. The minimum Gasteiger partial charge on any atom is -0.490 e. The molecular formula is C12H13N3O. The summed E-state index contributed by atoms with van der Waals surface area (Å²) < 4.78 is 7.40. The second-order valence-electron chi connectivity index (χ2n) is 3.89. The summed E-state index contributed by atoms with van der Waals surface area (Å²) in [7, 11) is 1.92. The molecule has 16 heavy (non-hydrogen) atoms. The van der Waals surface area contributed by atoms with E-state index in [1.165, 1.54) is 0 Å². The van der Waals surface area contributed by atoms with Gasteiger partial charge in [0.2, 0.25) is 0 Å². The lowest BCUT2D eigenvalue weighted by molar-refractivity contribution is 0.323. The van der Waals surface area contributed by atoms with Crippen molar-refractivity contribution in [1.82, 2.24) is 9.78 Å². The van der Waals surface area contributed by atoms with Crippen LogP contribution in [-0.2, 0) is 7.05 Å². The molecule has 0 saturated heterocycles. The summed E-state index contributed by atoms with van der Waals surface area (Å²) in [5.74, 6) is 0.924. The number of nitrogens with zero attached hydrogens (tertiary/aromatic N) is 2. The second kappa shape index (κ2) is 3.56. The van der Waals surface area contributed by atoms with Gasteiger partial charge in [0.1, 0.15) is 12.4 Å². The van der Waals surface area contributed by atoms with Crippen LogP contribution < -0.4 is 10.1 Å². The first-order valence-corrected chi connectivity index (χ1v) is 5.33. The molecule has 0 aliphatic carbocycles. The Kier molecular flexibility index (Phi) is 2.06. The van der Waals surface area contributed by atoms with Crippen LogP contribution in [0.1, 0.15) is 0 Å². The summed E-state index contributed by atoms with van der Waals surface area (Å²) in [5, 5.41) is 7.47. The molecule has 3 rings (SSSR count). The van der Waals surface area contributed by atoms with Crippen molar-refractivity contribution >= 4 is 5.69 Å². The minimum atomic E-state index is 0.726. The number of benzene rings is 1. The predicted molar refractivity (Wildman–Crippen MR) is 62.6 cm³/mol. The van der Waals surface area contributed by atoms with Crippen LogP contribution in [0.2, 0.25) is 0 Å². The van der Waals surface area contributed by atoms with E-state index in [9.17, 15) is 0 Å². The zero-order valence-electron chi connectivity index (χ0n) is 9.10. The largest absolute Gasteiger partial charge is 0.490 e. The quantitative estimate of drug-likeness (QED) is 0.789. The molecule has 0 radical (unpaired) electrons. The number of aromatic nitrogens is 2. The molecule has 0 atom stereocenters. The average Bonchev–Trinajstić information content (AvgIpc) is 2.75. The zero-order valence-corrected chi connectivity index (χ0v) is 9.10. The monoisotopic (exact) mass is 215 g/mol. The Bertz CT molecular complexity index is 519. The Labute approximate surface area is 93.8 Å². The molecule has 4 heteroatoms. The molecule has 1 N–H and O–H groups in total. The van der Waals surface area contributed by atoms with Crippen LogP contribution in [0.15, 0.2) is 30.6 Å². The number of anilines is 1. The number of hydrogen-bond acceptors (Lipinski definition) is 3. The maximum absolute atomic E-state index is 5.60. The SMILES string of the molecule is Cn1cc(-c2ccc3c(c2)OCCN3)cn1. The Balaban J connectivity index is 2.02. The summed E-state index contributed by atoms with van der Waals surface area (Å²) in [6, 6.07) is 6.19. The normalized spacial score (nSPS) is 13.8. The van der Waals surface area contributed by atoms with Crippen molar-refractivity contribution in [1.29, 1.82) is 0 Å². The first-order chi connectivity index (χ1) is 7.83. The van der Waals surface area contributed by atoms with Crippen molar-refractivity contribution < 1.29 is 4.74 Å². The topological polar surface area (TPSA) is 39.1 Å². The fourth-order valence-corrected chi connectivity index (χ4v) is 1.88. The maximum atomic E-state index is 5.60. The minimum absolute atomic E-state index is 0.726. The van der Waals surface area contributed by atoms with E-state index in [2.05, 4.69) is 28.6 Å². The number of nitrogens with one attached hydrogen (secondary N) is 1. The van der Waals surface area contributed by atoms with Gasteiger partial charge in [-0.15, -0.1) is 0 Å². The van der Waals surface area contributed by atoms with E-state index in [0.29, 0.717) is 0 Å². The Morgan fingerprint density at radius 2 is 2.31 bits per heavy atom. The standard InChI is InChI=1S/C12H13N3O/c1-15-8-10(7-14-15)9-2-3-11-12(6-9)16-5-4-13-11/h2-3,6-8,13H,4-5H2,1H3. The molecule has 2 heterocycles. The summed E-state index contributed by atoms with van der Waals surface area (Å²) in [6.45, 7) is 1.60. The van der Waals surface area contributed by atoms with Gasteiger partial charge < -0.3 is 10.1 Å². The van der Waals surface area contributed by atoms with Gasteiger partial charge in [0.05, 0.1) is 11.9 Å². The fourth-order valence-electron chi connectivity index (χ4n) is 1.88. The second-order valence-corrected chi connectivity index (χ2v) is 3.89. The van der Waals surface area contributed by atoms with E-state index >= 15 is 0 Å². The molecule has 0 spiro atoms. The van der Waals surface area contributed by atoms with E-state index in [1.807, 2.05) is 19.4 Å². The molecular weight excluding hydrogens is 202 g/mol. The highest BCUT2D eigenvalue weighted by atomic mass is 16.5. The van der Waals surface area contributed by atoms with Gasteiger partial charge in [0.15, 0.2) is 0 Å². The maximum Gasteiger partial charge on any atom is 0.143 e. The summed E-state index contributed by atoms with van der Waals surface area (Å²) in [4.78, 5) is 0. The molecule has 4 nitrogen and oxygen atoms in total. The lowest BCUT2D eigenvalue weighted by Crippen LogP contribution is -2.17. The number of fused-ring (bicyclic) bond motifs is 1. The molecule has 1 aromatic heterocycles. The van der Waals surface area contributed by atoms with Crippen LogP contribution in [0.25, 0.3) is 11.1 Å². The van der Waals surface area contributed by atoms with Crippen molar-refractivity contribution in [2.24, 2.45) is 7.05 Å². The van der Waals surface area contributed by atoms with Crippen LogP contribution in [0.4, 0.5) is 5.69 Å². The Hall–Kier alpha value is -1.97. The number of hydrogen-bond donors (Lipinski definition) is 1. The van der Waals surface area contributed by atoms with Gasteiger partial charge in [-0.3, -0.25) is 4.68 Å². The summed E-state index contributed by atoms with van der Waals surface area (Å²) >= 11 is 0. The Morgan fingerprint density at radius 1 is 1.38 bits per heavy atom. The van der Waals surface area contributed by atoms with Crippen LogP contribution >= 0.6 is 0 Å². The molecule has 0 bridgehead atoms. The molecule has 2 aromatic rings. The van der Waals surface area contributed by atoms with E-state index in [-0.39, 0.29) is 0 Å². The molecule has 1 aliphatic heterocycles. The number of ether oxygens (including phenoxy) is 1. The van der Waals surface area contributed by atoms with Gasteiger partial charge >= 0.3 is 0 Å². The average molecular weight is 215 g/mol. The van der Waals surface area contributed by atoms with Gasteiger partial charge in [-0.2, -0.15) is 5.10 Å². The summed E-state index contributed by atoms with van der Waals surface area (Å²) in [6.07, 6.45) is 3.86. The van der Waals surface area contributed by atoms with Crippen molar-refractivity contribution in [2.75, 3.05) is 18.5 Å². The van der Waals surface area contributed by atoms with Gasteiger partial charge in [-0.25, -0.2) is 0 Å². The fraction of sp³-hybridized carbons (Fsp3) is 0.250. The summed E-state index contributed by atoms with van der Waals surface area (Å²) in [5.41, 5.74) is 3.31. The molecule has 0 saturated carbocycles. The number of rotatable bonds is 1. The predicted octanol–water partition coefficient (Wildman–Crippen LogP) is 1.89. The van der Waals surface area contributed by atoms with Gasteiger partial charge in [0.25, 0.3) is 0 Å². The molecule has 0 amide bonds. The first kappa shape index (κ1) is 9.27. The highest BCUT2D eigenvalue weighted by Gasteiger charge is 2.10. The molecule has 1 aromatic carbocycles. The van der Waals surface area contributed by atoms with Crippen molar-refractivity contribution in [3.05, 3.63) is 30.6 Å². The molecule has 0 fully saturated rings. The smallest absolute Gasteiger partial charge is 0.143 e. The zero-order chi connectivity index (χ0) is 11.0. The van der Waals surface area contributed by atoms with Gasteiger partial charge in [-0.1, -0.05) is 6.07 Å². The third-order valence-electron chi connectivity index (χ3n) is 2.69. The van der Waals surface area contributed by atoms with Crippen molar-refractivity contribution in [2.45, 2.75) is 0 Å². The number of aryl methyl sites for hydroxylation is 1. The lowest BCUT2D eigenvalue weighted by Gasteiger charge is -2.19. The highest BCUT2D eigenvalue weighted by molar-refractivity contribution is 5.70. The van der Waals surface area contributed by atoms with E-state index in [0.717, 1.165) is 35.7 Å². The molecule has 0 unspecified atom stereocenters. The van der Waals surface area contributed by atoms with Crippen LogP contribution in [-0.4, -0.2) is 22.9 Å². The van der Waals surface area contributed by atoms with Crippen LogP contribution in [0, 0.1) is 0 Å². The van der Waals surface area contributed by atoms with Crippen LogP contribution in [0.3, 0.4) is 0 Å². The van der Waals surface area contributed by atoms with E-state index in [4.69, 9.17) is 4.74 Å². The third-order valence-corrected chi connectivity index (χ3v) is 2.69. The Morgan fingerprint density at radius 3 is 3.12 bits per heavy atom. The molecule has 1 aliphatic rings. The van der Waals surface area contributed by atoms with Gasteiger partial charge in [-0.05, 0) is 17.7 Å². The highest BCUT2D eigenvalue weighted by Crippen LogP contribution is 2.32. The van der Waals surface area contributed by atoms with E-state index in [1.54, 1.807) is 4.68 Å². The lowest BCUT2D eigenvalue weighted by atomic mass is 10.1. The van der Waals surface area contributed by atoms with E-state index < -0.39 is 0 Å².